The number of terminal acetylenes is 1. The van der Waals surface area contributed by atoms with Gasteiger partial charge < -0.3 is 10.1 Å². The van der Waals surface area contributed by atoms with Gasteiger partial charge in [-0.3, -0.25) is 0 Å². The number of ether oxygens (including phenoxy) is 1. The first-order valence-corrected chi connectivity index (χ1v) is 5.99. The highest BCUT2D eigenvalue weighted by molar-refractivity contribution is 5.45. The summed E-state index contributed by atoms with van der Waals surface area (Å²) in [6, 6.07) is 8.01. The van der Waals surface area contributed by atoms with E-state index < -0.39 is 0 Å². The molecule has 0 spiro atoms. The summed E-state index contributed by atoms with van der Waals surface area (Å²) in [7, 11) is 1.57. The van der Waals surface area contributed by atoms with Crippen LogP contribution in [0.15, 0.2) is 18.2 Å². The second-order valence-corrected chi connectivity index (χ2v) is 4.04. The van der Waals surface area contributed by atoms with Crippen LogP contribution in [0.3, 0.4) is 0 Å². The maximum atomic E-state index is 8.90. The first kappa shape index (κ1) is 14.1. The fourth-order valence-electron chi connectivity index (χ4n) is 1.70. The second-order valence-electron chi connectivity index (χ2n) is 4.04. The molecule has 0 aliphatic carbocycles. The molecule has 3 heteroatoms. The SMILES string of the molecule is C#CCC(CC)NCc1ccc(C#N)c(OC)c1. The van der Waals surface area contributed by atoms with Gasteiger partial charge in [-0.2, -0.15) is 5.26 Å². The van der Waals surface area contributed by atoms with E-state index in [4.69, 9.17) is 16.4 Å². The number of benzene rings is 1. The second kappa shape index (κ2) is 7.37. The van der Waals surface area contributed by atoms with Gasteiger partial charge in [0.25, 0.3) is 0 Å². The summed E-state index contributed by atoms with van der Waals surface area (Å²) in [5.74, 6) is 3.28. The first-order chi connectivity index (χ1) is 8.74. The molecule has 94 valence electrons. The topological polar surface area (TPSA) is 45.0 Å². The third kappa shape index (κ3) is 3.80. The van der Waals surface area contributed by atoms with Crippen LogP contribution in [-0.2, 0) is 6.54 Å². The van der Waals surface area contributed by atoms with E-state index in [0.29, 0.717) is 17.4 Å². The van der Waals surface area contributed by atoms with Gasteiger partial charge in [-0.15, -0.1) is 12.3 Å². The number of nitrogens with one attached hydrogen (secondary N) is 1. The molecule has 0 radical (unpaired) electrons. The highest BCUT2D eigenvalue weighted by Gasteiger charge is 2.06. The van der Waals surface area contributed by atoms with E-state index >= 15 is 0 Å². The van der Waals surface area contributed by atoms with Crippen molar-refractivity contribution in [2.24, 2.45) is 0 Å². The molecule has 1 N–H and O–H groups in total. The van der Waals surface area contributed by atoms with E-state index in [0.717, 1.165) is 24.9 Å². The number of hydrogen-bond donors (Lipinski definition) is 1. The Morgan fingerprint density at radius 2 is 2.28 bits per heavy atom. The predicted molar refractivity (Wildman–Crippen MR) is 72.1 cm³/mol. The minimum absolute atomic E-state index is 0.330. The fourth-order valence-corrected chi connectivity index (χ4v) is 1.70. The Morgan fingerprint density at radius 3 is 2.83 bits per heavy atom. The quantitative estimate of drug-likeness (QED) is 0.779. The molecule has 0 saturated carbocycles. The zero-order chi connectivity index (χ0) is 13.4. The van der Waals surface area contributed by atoms with E-state index in [9.17, 15) is 0 Å². The van der Waals surface area contributed by atoms with Crippen LogP contribution in [0.1, 0.15) is 30.9 Å². The van der Waals surface area contributed by atoms with Crippen molar-refractivity contribution in [2.75, 3.05) is 7.11 Å². The summed E-state index contributed by atoms with van der Waals surface area (Å²) >= 11 is 0. The highest BCUT2D eigenvalue weighted by atomic mass is 16.5. The van der Waals surface area contributed by atoms with Gasteiger partial charge in [0.1, 0.15) is 11.8 Å². The first-order valence-electron chi connectivity index (χ1n) is 5.99. The van der Waals surface area contributed by atoms with Crippen molar-refractivity contribution in [3.05, 3.63) is 29.3 Å². The Labute approximate surface area is 109 Å². The lowest BCUT2D eigenvalue weighted by molar-refractivity contribution is 0.412. The molecule has 1 rings (SSSR count). The zero-order valence-corrected chi connectivity index (χ0v) is 10.9. The van der Waals surface area contributed by atoms with E-state index in [1.165, 1.54) is 0 Å². The van der Waals surface area contributed by atoms with Crippen molar-refractivity contribution in [3.8, 4) is 24.2 Å². The van der Waals surface area contributed by atoms with Crippen molar-refractivity contribution in [3.63, 3.8) is 0 Å². The van der Waals surface area contributed by atoms with Gasteiger partial charge >= 0.3 is 0 Å². The normalized spacial score (nSPS) is 11.3. The highest BCUT2D eigenvalue weighted by Crippen LogP contribution is 2.19. The summed E-state index contributed by atoms with van der Waals surface area (Å²) in [6.07, 6.45) is 7.04. The summed E-state index contributed by atoms with van der Waals surface area (Å²) in [6.45, 7) is 2.83. The third-order valence-corrected chi connectivity index (χ3v) is 2.84. The van der Waals surface area contributed by atoms with Crippen molar-refractivity contribution >= 4 is 0 Å². The molecule has 0 bridgehead atoms. The molecule has 1 aromatic carbocycles. The summed E-state index contributed by atoms with van der Waals surface area (Å²) in [5.41, 5.74) is 1.64. The van der Waals surface area contributed by atoms with E-state index in [1.807, 2.05) is 12.1 Å². The molecule has 1 atom stereocenters. The van der Waals surface area contributed by atoms with Gasteiger partial charge in [-0.05, 0) is 24.1 Å². The predicted octanol–water partition coefficient (Wildman–Crippen LogP) is 2.46. The molecule has 1 aromatic rings. The Hall–Kier alpha value is -1.97. The number of hydrogen-bond acceptors (Lipinski definition) is 3. The van der Waals surface area contributed by atoms with E-state index in [1.54, 1.807) is 13.2 Å². The van der Waals surface area contributed by atoms with Crippen LogP contribution in [0.2, 0.25) is 0 Å². The van der Waals surface area contributed by atoms with E-state index in [-0.39, 0.29) is 0 Å². The fraction of sp³-hybridized carbons (Fsp3) is 0.400. The van der Waals surface area contributed by atoms with Crippen LogP contribution in [0.5, 0.6) is 5.75 Å². The molecule has 18 heavy (non-hydrogen) atoms. The van der Waals surface area contributed by atoms with Crippen molar-refractivity contribution < 1.29 is 4.74 Å². The molecule has 1 unspecified atom stereocenters. The van der Waals surface area contributed by atoms with Gasteiger partial charge in [-0.1, -0.05) is 13.0 Å². The third-order valence-electron chi connectivity index (χ3n) is 2.84. The average Bonchev–Trinajstić information content (AvgIpc) is 2.42. The standard InChI is InChI=1S/C15H18N2O/c1-4-6-14(5-2)17-11-12-7-8-13(10-16)15(9-12)18-3/h1,7-9,14,17H,5-6,11H2,2-3H3. The number of nitrogens with zero attached hydrogens (tertiary/aromatic N) is 1. The lowest BCUT2D eigenvalue weighted by atomic mass is 10.1. The smallest absolute Gasteiger partial charge is 0.136 e. The summed E-state index contributed by atoms with van der Waals surface area (Å²) < 4.78 is 5.17. The van der Waals surface area contributed by atoms with Crippen LogP contribution in [0.25, 0.3) is 0 Å². The molecule has 3 nitrogen and oxygen atoms in total. The van der Waals surface area contributed by atoms with Crippen LogP contribution in [0, 0.1) is 23.7 Å². The van der Waals surface area contributed by atoms with Crippen LogP contribution in [-0.4, -0.2) is 13.2 Å². The van der Waals surface area contributed by atoms with Crippen molar-refractivity contribution in [1.29, 1.82) is 5.26 Å². The lowest BCUT2D eigenvalue weighted by Crippen LogP contribution is -2.27. The van der Waals surface area contributed by atoms with Crippen LogP contribution >= 0.6 is 0 Å². The number of nitriles is 1. The van der Waals surface area contributed by atoms with Gasteiger partial charge in [0.05, 0.1) is 12.7 Å². The Morgan fingerprint density at radius 1 is 1.50 bits per heavy atom. The van der Waals surface area contributed by atoms with Crippen LogP contribution in [0.4, 0.5) is 0 Å². The zero-order valence-electron chi connectivity index (χ0n) is 10.9. The Kier molecular flexibility index (Phi) is 5.77. The van der Waals surface area contributed by atoms with Crippen molar-refractivity contribution in [2.45, 2.75) is 32.4 Å². The maximum Gasteiger partial charge on any atom is 0.136 e. The lowest BCUT2D eigenvalue weighted by Gasteiger charge is -2.14. The van der Waals surface area contributed by atoms with Crippen LogP contribution < -0.4 is 10.1 Å². The largest absolute Gasteiger partial charge is 0.495 e. The minimum atomic E-state index is 0.330. The summed E-state index contributed by atoms with van der Waals surface area (Å²) in [4.78, 5) is 0. The molecular formula is C15H18N2O. The minimum Gasteiger partial charge on any atom is -0.495 e. The average molecular weight is 242 g/mol. The Balaban J connectivity index is 2.69. The maximum absolute atomic E-state index is 8.90. The molecule has 0 amide bonds. The monoisotopic (exact) mass is 242 g/mol. The molecule has 0 aliphatic rings. The molecular weight excluding hydrogens is 224 g/mol. The molecule has 0 aliphatic heterocycles. The number of rotatable bonds is 6. The van der Waals surface area contributed by atoms with Gasteiger partial charge in [0.2, 0.25) is 0 Å². The molecule has 0 aromatic heterocycles. The van der Waals surface area contributed by atoms with Crippen molar-refractivity contribution in [1.82, 2.24) is 5.32 Å². The Bertz CT molecular complexity index is 468. The van der Waals surface area contributed by atoms with Gasteiger partial charge in [-0.25, -0.2) is 0 Å². The van der Waals surface area contributed by atoms with E-state index in [2.05, 4.69) is 24.2 Å². The van der Waals surface area contributed by atoms with Gasteiger partial charge in [0, 0.05) is 19.0 Å². The van der Waals surface area contributed by atoms with Gasteiger partial charge in [0.15, 0.2) is 0 Å². The molecule has 0 saturated heterocycles. The summed E-state index contributed by atoms with van der Waals surface area (Å²) in [5, 5.41) is 12.3. The molecule has 0 fully saturated rings. The molecule has 0 heterocycles. The number of methoxy groups -OCH3 is 1.